The van der Waals surface area contributed by atoms with E-state index in [9.17, 15) is 21.6 Å². The van der Waals surface area contributed by atoms with Gasteiger partial charge in [0, 0.05) is 24.9 Å². The van der Waals surface area contributed by atoms with Crippen LogP contribution in [0.25, 0.3) is 0 Å². The topological polar surface area (TPSA) is 109 Å². The average Bonchev–Trinajstić information content (AvgIpc) is 2.54. The molecule has 0 saturated heterocycles. The molecule has 7 nitrogen and oxygen atoms in total. The summed E-state index contributed by atoms with van der Waals surface area (Å²) in [6.07, 6.45) is 0.988. The molecule has 2 aromatic carbocycles. The highest BCUT2D eigenvalue weighted by Crippen LogP contribution is 2.15. The van der Waals surface area contributed by atoms with Gasteiger partial charge in [0.25, 0.3) is 0 Å². The molecule has 0 spiro atoms. The molecule has 26 heavy (non-hydrogen) atoms. The van der Waals surface area contributed by atoms with Gasteiger partial charge in [0.15, 0.2) is 9.84 Å². The summed E-state index contributed by atoms with van der Waals surface area (Å²) >= 11 is 0. The quantitative estimate of drug-likeness (QED) is 0.740. The van der Waals surface area contributed by atoms with Gasteiger partial charge in [0.05, 0.1) is 9.79 Å². The molecule has 2 rings (SSSR count). The number of carbonyl (C=O) groups excluding carboxylic acids is 1. The van der Waals surface area contributed by atoms with Crippen molar-refractivity contribution in [3.8, 4) is 0 Å². The van der Waals surface area contributed by atoms with Gasteiger partial charge >= 0.3 is 0 Å². The van der Waals surface area contributed by atoms with Crippen molar-refractivity contribution in [2.75, 3.05) is 18.1 Å². The zero-order valence-electron chi connectivity index (χ0n) is 14.4. The van der Waals surface area contributed by atoms with Crippen molar-refractivity contribution in [1.82, 2.24) is 4.72 Å². The molecule has 0 atom stereocenters. The Kier molecular flexibility index (Phi) is 6.17. The fraction of sp³-hybridized carbons (Fsp3) is 0.235. The Bertz CT molecular complexity index is 998. The Morgan fingerprint density at radius 2 is 1.62 bits per heavy atom. The third-order valence-corrected chi connectivity index (χ3v) is 6.11. The highest BCUT2D eigenvalue weighted by Gasteiger charge is 2.14. The fourth-order valence-electron chi connectivity index (χ4n) is 2.13. The van der Waals surface area contributed by atoms with Gasteiger partial charge in [-0.2, -0.15) is 0 Å². The van der Waals surface area contributed by atoms with Crippen LogP contribution in [0.2, 0.25) is 0 Å². The Hall–Kier alpha value is -2.23. The highest BCUT2D eigenvalue weighted by molar-refractivity contribution is 7.90. The Morgan fingerprint density at radius 3 is 2.23 bits per heavy atom. The van der Waals surface area contributed by atoms with Crippen molar-refractivity contribution < 1.29 is 21.6 Å². The first kappa shape index (κ1) is 20.1. The zero-order chi connectivity index (χ0) is 19.4. The number of anilines is 1. The maximum Gasteiger partial charge on any atom is 0.240 e. The average molecular weight is 396 g/mol. The Balaban J connectivity index is 1.92. The van der Waals surface area contributed by atoms with Crippen LogP contribution >= 0.6 is 0 Å². The van der Waals surface area contributed by atoms with E-state index in [1.165, 1.54) is 30.3 Å². The van der Waals surface area contributed by atoms with Crippen LogP contribution in [0.4, 0.5) is 5.69 Å². The van der Waals surface area contributed by atoms with E-state index >= 15 is 0 Å². The lowest BCUT2D eigenvalue weighted by molar-refractivity contribution is -0.116. The molecule has 0 aliphatic heterocycles. The molecule has 0 aliphatic carbocycles. The first-order valence-corrected chi connectivity index (χ1v) is 11.1. The van der Waals surface area contributed by atoms with Crippen LogP contribution in [0.3, 0.4) is 0 Å². The zero-order valence-corrected chi connectivity index (χ0v) is 16.0. The van der Waals surface area contributed by atoms with E-state index in [2.05, 4.69) is 10.0 Å². The molecule has 0 saturated carbocycles. The number of amides is 1. The number of sulfone groups is 1. The van der Waals surface area contributed by atoms with E-state index in [0.717, 1.165) is 11.8 Å². The summed E-state index contributed by atoms with van der Waals surface area (Å²) in [7, 11) is -7.06. The van der Waals surface area contributed by atoms with Crippen LogP contribution in [0.5, 0.6) is 0 Å². The lowest BCUT2D eigenvalue weighted by Gasteiger charge is -2.09. The second-order valence-corrected chi connectivity index (χ2v) is 9.59. The molecule has 0 aromatic heterocycles. The largest absolute Gasteiger partial charge is 0.326 e. The normalized spacial score (nSPS) is 11.9. The van der Waals surface area contributed by atoms with Gasteiger partial charge in [-0.05, 0) is 37.3 Å². The monoisotopic (exact) mass is 396 g/mol. The van der Waals surface area contributed by atoms with Crippen LogP contribution in [-0.4, -0.2) is 35.5 Å². The molecule has 140 valence electrons. The number of sulfonamides is 1. The molecule has 2 aromatic rings. The lowest BCUT2D eigenvalue weighted by Crippen LogP contribution is -2.27. The van der Waals surface area contributed by atoms with E-state index in [-0.39, 0.29) is 22.8 Å². The smallest absolute Gasteiger partial charge is 0.240 e. The van der Waals surface area contributed by atoms with Gasteiger partial charge in [0.1, 0.15) is 0 Å². The fourth-order valence-corrected chi connectivity index (χ4v) is 3.83. The van der Waals surface area contributed by atoms with Gasteiger partial charge in [-0.25, -0.2) is 21.6 Å². The first-order valence-electron chi connectivity index (χ1n) is 7.74. The maximum absolute atomic E-state index is 12.1. The molecule has 0 radical (unpaired) electrons. The van der Waals surface area contributed by atoms with Crippen LogP contribution in [0, 0.1) is 6.92 Å². The molecule has 1 amide bonds. The van der Waals surface area contributed by atoms with Crippen LogP contribution in [0.15, 0.2) is 58.3 Å². The molecular formula is C17H20N2O5S2. The van der Waals surface area contributed by atoms with Gasteiger partial charge < -0.3 is 5.32 Å². The predicted octanol–water partition coefficient (Wildman–Crippen LogP) is 1.71. The molecule has 0 unspecified atom stereocenters. The summed E-state index contributed by atoms with van der Waals surface area (Å²) in [5.74, 6) is -0.428. The summed E-state index contributed by atoms with van der Waals surface area (Å²) in [5, 5.41) is 2.55. The van der Waals surface area contributed by atoms with Crippen molar-refractivity contribution in [3.63, 3.8) is 0 Å². The molecular weight excluding hydrogens is 376 g/mol. The van der Waals surface area contributed by atoms with Gasteiger partial charge in [-0.1, -0.05) is 23.8 Å². The summed E-state index contributed by atoms with van der Waals surface area (Å²) in [5.41, 5.74) is 1.28. The first-order chi connectivity index (χ1) is 12.1. The van der Waals surface area contributed by atoms with Crippen molar-refractivity contribution in [3.05, 3.63) is 54.1 Å². The van der Waals surface area contributed by atoms with E-state index in [1.54, 1.807) is 18.2 Å². The highest BCUT2D eigenvalue weighted by atomic mass is 32.2. The number of rotatable bonds is 7. The second kappa shape index (κ2) is 7.98. The molecule has 0 heterocycles. The van der Waals surface area contributed by atoms with E-state index in [0.29, 0.717) is 5.69 Å². The van der Waals surface area contributed by atoms with E-state index in [1.807, 2.05) is 6.92 Å². The van der Waals surface area contributed by atoms with E-state index < -0.39 is 25.8 Å². The number of aryl methyl sites for hydroxylation is 1. The summed E-state index contributed by atoms with van der Waals surface area (Å²) in [4.78, 5) is 12.2. The summed E-state index contributed by atoms with van der Waals surface area (Å²) in [6.45, 7) is 1.78. The third-order valence-electron chi connectivity index (χ3n) is 3.52. The second-order valence-electron chi connectivity index (χ2n) is 5.81. The van der Waals surface area contributed by atoms with Gasteiger partial charge in [-0.3, -0.25) is 4.79 Å². The van der Waals surface area contributed by atoms with Crippen molar-refractivity contribution in [1.29, 1.82) is 0 Å². The number of nitrogens with one attached hydrogen (secondary N) is 2. The van der Waals surface area contributed by atoms with E-state index in [4.69, 9.17) is 0 Å². The van der Waals surface area contributed by atoms with Crippen LogP contribution in [-0.2, 0) is 24.7 Å². The molecule has 9 heteroatoms. The molecule has 0 bridgehead atoms. The third kappa shape index (κ3) is 5.65. The van der Waals surface area contributed by atoms with Crippen molar-refractivity contribution >= 4 is 31.5 Å². The standard InChI is InChI=1S/C17H20N2O5S2/c1-13-6-8-15(9-7-13)26(23,24)18-11-10-17(20)19-14-4-3-5-16(12-14)25(2,21)22/h3-9,12,18H,10-11H2,1-2H3,(H,19,20). The van der Waals surface area contributed by atoms with Crippen molar-refractivity contribution in [2.45, 2.75) is 23.1 Å². The number of benzene rings is 2. The summed E-state index contributed by atoms with van der Waals surface area (Å²) in [6, 6.07) is 12.2. The number of hydrogen-bond donors (Lipinski definition) is 2. The SMILES string of the molecule is Cc1ccc(S(=O)(=O)NCCC(=O)Nc2cccc(S(C)(=O)=O)c2)cc1. The van der Waals surface area contributed by atoms with Crippen LogP contribution < -0.4 is 10.0 Å². The Labute approximate surface area is 153 Å². The minimum absolute atomic E-state index is 0.0756. The van der Waals surface area contributed by atoms with Crippen molar-refractivity contribution in [2.24, 2.45) is 0 Å². The number of carbonyl (C=O) groups is 1. The predicted molar refractivity (Wildman–Crippen MR) is 99.2 cm³/mol. The minimum Gasteiger partial charge on any atom is -0.326 e. The summed E-state index contributed by atoms with van der Waals surface area (Å²) < 4.78 is 49.7. The minimum atomic E-state index is -3.68. The Morgan fingerprint density at radius 1 is 0.962 bits per heavy atom. The van der Waals surface area contributed by atoms with Gasteiger partial charge in [-0.15, -0.1) is 0 Å². The van der Waals surface area contributed by atoms with Gasteiger partial charge in [0.2, 0.25) is 15.9 Å². The number of hydrogen-bond acceptors (Lipinski definition) is 5. The molecule has 0 fully saturated rings. The maximum atomic E-state index is 12.1. The van der Waals surface area contributed by atoms with Crippen LogP contribution in [0.1, 0.15) is 12.0 Å². The lowest BCUT2D eigenvalue weighted by atomic mass is 10.2. The molecule has 2 N–H and O–H groups in total. The molecule has 0 aliphatic rings.